The molecule has 1 aliphatic heterocycles. The van der Waals surface area contributed by atoms with Gasteiger partial charge in [0, 0.05) is 42.2 Å². The number of hydrogen-bond donors (Lipinski definition) is 3. The molecule has 9 nitrogen and oxygen atoms in total. The second kappa shape index (κ2) is 14.2. The lowest BCUT2D eigenvalue weighted by Gasteiger charge is -2.36. The summed E-state index contributed by atoms with van der Waals surface area (Å²) < 4.78 is 23.6. The number of hydrogen-bond acceptors (Lipinski definition) is 6. The second-order valence-electron chi connectivity index (χ2n) is 12.9. The smallest absolute Gasteiger partial charge is 0.354 e. The molecule has 1 aromatic carbocycles. The molecule has 0 radical (unpaired) electrons. The maximum absolute atomic E-state index is 14.0. The van der Waals surface area contributed by atoms with E-state index in [9.17, 15) is 18.8 Å². The van der Waals surface area contributed by atoms with Crippen LogP contribution >= 0.6 is 0 Å². The zero-order valence-corrected chi connectivity index (χ0v) is 25.5. The fourth-order valence-electron chi connectivity index (χ4n) is 7.49. The number of anilines is 1. The number of nitrogens with one attached hydrogen (secondary N) is 2. The number of amides is 2. The fraction of sp³-hybridized carbons (Fsp3) is 0.667. The lowest BCUT2D eigenvalue weighted by Crippen LogP contribution is -2.50. The van der Waals surface area contributed by atoms with E-state index in [0.29, 0.717) is 36.7 Å². The summed E-state index contributed by atoms with van der Waals surface area (Å²) in [6.07, 6.45) is 9.26. The van der Waals surface area contributed by atoms with Gasteiger partial charge in [-0.15, -0.1) is 0 Å². The Hall–Kier alpha value is -2.98. The first-order valence-electron chi connectivity index (χ1n) is 16.0. The largest absolute Gasteiger partial charge is 0.458 e. The van der Waals surface area contributed by atoms with Gasteiger partial charge in [0.1, 0.15) is 25.0 Å². The third-order valence-electron chi connectivity index (χ3n) is 10.1. The molecular weight excluding hydrogens is 551 g/mol. The van der Waals surface area contributed by atoms with Gasteiger partial charge in [-0.3, -0.25) is 9.59 Å². The maximum Gasteiger partial charge on any atom is 0.354 e. The Bertz CT molecular complexity index is 1270. The first kappa shape index (κ1) is 31.4. The molecule has 1 saturated heterocycles. The Morgan fingerprint density at radius 1 is 1.07 bits per heavy atom. The van der Waals surface area contributed by atoms with Crippen molar-refractivity contribution in [1.82, 2.24) is 9.88 Å². The van der Waals surface area contributed by atoms with Crippen LogP contribution in [0.3, 0.4) is 0 Å². The van der Waals surface area contributed by atoms with Gasteiger partial charge in [-0.1, -0.05) is 32.1 Å². The molecule has 1 aromatic heterocycles. The third kappa shape index (κ3) is 7.23. The standard InChI is InChI=1S/C33H47FN4O5/c1-20(42-2)19-43-33(41)29-17-24-16-25(12-13-28(24)37-29)36-31(39)30-26(21-6-4-3-5-7-21)14-15-38(30)32(40)23-10-8-22(9-11-23)27(35)18-34/h12-13,16-17,20-23,26-27,30,37H,3-11,14-15,18-19,35H2,1-2H3,(H,36,39)/t20-,22-,23-,26-,27+,30-/m0/s1. The van der Waals surface area contributed by atoms with E-state index in [1.807, 2.05) is 30.0 Å². The van der Waals surface area contributed by atoms with Gasteiger partial charge in [-0.2, -0.15) is 0 Å². The van der Waals surface area contributed by atoms with E-state index in [1.165, 1.54) is 19.3 Å². The summed E-state index contributed by atoms with van der Waals surface area (Å²) in [4.78, 5) is 45.3. The minimum Gasteiger partial charge on any atom is -0.458 e. The summed E-state index contributed by atoms with van der Waals surface area (Å²) in [6.45, 7) is 2.03. The quantitative estimate of drug-likeness (QED) is 0.323. The van der Waals surface area contributed by atoms with Crippen LogP contribution in [0.2, 0.25) is 0 Å². The van der Waals surface area contributed by atoms with Crippen molar-refractivity contribution in [3.05, 3.63) is 30.0 Å². The summed E-state index contributed by atoms with van der Waals surface area (Å²) >= 11 is 0. The number of nitrogens with zero attached hydrogens (tertiary/aromatic N) is 1. The van der Waals surface area contributed by atoms with Crippen LogP contribution in [0, 0.1) is 23.7 Å². The van der Waals surface area contributed by atoms with Gasteiger partial charge < -0.3 is 30.4 Å². The molecular formula is C33H47FN4O5. The van der Waals surface area contributed by atoms with Gasteiger partial charge in [0.15, 0.2) is 0 Å². The van der Waals surface area contributed by atoms with Gasteiger partial charge in [0.25, 0.3) is 0 Å². The van der Waals surface area contributed by atoms with Gasteiger partial charge in [-0.05, 0) is 81.0 Å². The van der Waals surface area contributed by atoms with Crippen LogP contribution < -0.4 is 11.1 Å². The normalized spacial score (nSPS) is 26.3. The number of aromatic nitrogens is 1. The van der Waals surface area contributed by atoms with Crippen LogP contribution in [0.15, 0.2) is 24.3 Å². The van der Waals surface area contributed by atoms with Crippen molar-refractivity contribution in [2.45, 2.75) is 89.3 Å². The zero-order chi connectivity index (χ0) is 30.5. The van der Waals surface area contributed by atoms with Gasteiger partial charge in [0.2, 0.25) is 11.8 Å². The predicted octanol–water partition coefficient (Wildman–Crippen LogP) is 5.20. The van der Waals surface area contributed by atoms with E-state index in [-0.39, 0.29) is 42.3 Å². The minimum atomic E-state index is -0.533. The summed E-state index contributed by atoms with van der Waals surface area (Å²) in [7, 11) is 1.56. The SMILES string of the molecule is CO[C@@H](C)COC(=O)c1cc2cc(NC(=O)[C@@H]3[C@H](C4CCCCC4)CCN3C(=O)[C@H]3CC[C@H]([C@H](N)CF)CC3)ccc2[nH]1. The van der Waals surface area contributed by atoms with Crippen molar-refractivity contribution in [2.75, 3.05) is 32.3 Å². The molecule has 2 heterocycles. The van der Waals surface area contributed by atoms with E-state index in [1.54, 1.807) is 13.2 Å². The van der Waals surface area contributed by atoms with Crippen LogP contribution in [0.1, 0.15) is 81.6 Å². The van der Waals surface area contributed by atoms with Gasteiger partial charge in [-0.25, -0.2) is 9.18 Å². The lowest BCUT2D eigenvalue weighted by molar-refractivity contribution is -0.142. The molecule has 4 atom stereocenters. The number of rotatable bonds is 10. The van der Waals surface area contributed by atoms with E-state index in [4.69, 9.17) is 15.2 Å². The van der Waals surface area contributed by atoms with Crippen molar-refractivity contribution >= 4 is 34.4 Å². The van der Waals surface area contributed by atoms with E-state index in [2.05, 4.69) is 10.3 Å². The number of fused-ring (bicyclic) bond motifs is 1. The Kier molecular flexibility index (Phi) is 10.4. The second-order valence-corrected chi connectivity index (χ2v) is 12.9. The number of ether oxygens (including phenoxy) is 2. The first-order chi connectivity index (χ1) is 20.8. The number of nitrogens with two attached hydrogens (primary N) is 1. The van der Waals surface area contributed by atoms with E-state index in [0.717, 1.165) is 43.0 Å². The fourth-order valence-corrected chi connectivity index (χ4v) is 7.49. The minimum absolute atomic E-state index is 0.0535. The number of aromatic amines is 1. The van der Waals surface area contributed by atoms with E-state index >= 15 is 0 Å². The molecule has 4 N–H and O–H groups in total. The van der Waals surface area contributed by atoms with E-state index < -0.39 is 24.7 Å². The average molecular weight is 599 g/mol. The lowest BCUT2D eigenvalue weighted by atomic mass is 9.76. The summed E-state index contributed by atoms with van der Waals surface area (Å²) in [5, 5.41) is 3.89. The molecule has 0 spiro atoms. The summed E-state index contributed by atoms with van der Waals surface area (Å²) in [6, 6.07) is 6.21. The van der Waals surface area contributed by atoms with Crippen molar-refractivity contribution in [1.29, 1.82) is 0 Å². The number of alkyl halides is 1. The molecule has 2 amide bonds. The monoisotopic (exact) mass is 598 g/mol. The molecule has 0 bridgehead atoms. The zero-order valence-electron chi connectivity index (χ0n) is 25.5. The topological polar surface area (TPSA) is 127 Å². The van der Waals surface area contributed by atoms with Gasteiger partial charge >= 0.3 is 5.97 Å². The van der Waals surface area contributed by atoms with Gasteiger partial charge in [0.05, 0.1) is 6.10 Å². The number of carbonyl (C=O) groups is 3. The molecule has 3 fully saturated rings. The number of likely N-dealkylation sites (tertiary alicyclic amines) is 1. The number of esters is 1. The molecule has 236 valence electrons. The Morgan fingerprint density at radius 2 is 1.81 bits per heavy atom. The van der Waals surface area contributed by atoms with Crippen molar-refractivity contribution in [3.63, 3.8) is 0 Å². The third-order valence-corrected chi connectivity index (χ3v) is 10.1. The highest BCUT2D eigenvalue weighted by atomic mass is 19.1. The Balaban J connectivity index is 1.30. The molecule has 2 aromatic rings. The summed E-state index contributed by atoms with van der Waals surface area (Å²) in [5.74, 6) is -0.0437. The molecule has 2 aliphatic carbocycles. The van der Waals surface area contributed by atoms with Crippen LogP contribution in [0.5, 0.6) is 0 Å². The molecule has 3 aliphatic rings. The van der Waals surface area contributed by atoms with Crippen LogP contribution in [-0.2, 0) is 19.1 Å². The average Bonchev–Trinajstić information content (AvgIpc) is 3.68. The number of halogens is 1. The Labute approximate surface area is 253 Å². The first-order valence-corrected chi connectivity index (χ1v) is 16.0. The highest BCUT2D eigenvalue weighted by Crippen LogP contribution is 2.41. The number of methoxy groups -OCH3 is 1. The molecule has 0 unspecified atom stereocenters. The highest BCUT2D eigenvalue weighted by molar-refractivity contribution is 6.01. The molecule has 2 saturated carbocycles. The van der Waals surface area contributed by atoms with Crippen molar-refractivity contribution in [3.8, 4) is 0 Å². The Morgan fingerprint density at radius 3 is 2.51 bits per heavy atom. The van der Waals surface area contributed by atoms with Crippen molar-refractivity contribution in [2.24, 2.45) is 29.4 Å². The summed E-state index contributed by atoms with van der Waals surface area (Å²) in [5.41, 5.74) is 7.66. The number of carbonyl (C=O) groups excluding carboxylic acids is 3. The molecule has 10 heteroatoms. The maximum atomic E-state index is 14.0. The predicted molar refractivity (Wildman–Crippen MR) is 163 cm³/mol. The van der Waals surface area contributed by atoms with Crippen LogP contribution in [0.4, 0.5) is 10.1 Å². The number of benzene rings is 1. The molecule has 43 heavy (non-hydrogen) atoms. The van der Waals surface area contributed by atoms with Crippen LogP contribution in [-0.4, -0.2) is 72.8 Å². The van der Waals surface area contributed by atoms with Crippen molar-refractivity contribution < 1.29 is 28.2 Å². The highest BCUT2D eigenvalue weighted by Gasteiger charge is 2.47. The number of H-pyrrole nitrogens is 1. The van der Waals surface area contributed by atoms with Crippen LogP contribution in [0.25, 0.3) is 10.9 Å². The molecule has 5 rings (SSSR count).